The topological polar surface area (TPSA) is 140 Å². The smallest absolute Gasteiger partial charge is 0.315 e. The van der Waals surface area contributed by atoms with Gasteiger partial charge in [-0.2, -0.15) is 18.4 Å². The highest BCUT2D eigenvalue weighted by atomic mass is 32.2. The average Bonchev–Trinajstić information content (AvgIpc) is 2.62. The lowest BCUT2D eigenvalue weighted by atomic mass is 10.2. The van der Waals surface area contributed by atoms with Crippen LogP contribution in [-0.2, 0) is 10.0 Å². The van der Waals surface area contributed by atoms with Crippen LogP contribution in [0, 0.1) is 17.0 Å². The summed E-state index contributed by atoms with van der Waals surface area (Å²) in [6, 6.07) is 6.94. The minimum atomic E-state index is -4.03. The number of rotatable bonds is 7. The molecule has 0 aromatic heterocycles. The van der Waals surface area contributed by atoms with Crippen molar-refractivity contribution in [2.75, 3.05) is 14.2 Å². The van der Waals surface area contributed by atoms with Gasteiger partial charge in [0.2, 0.25) is 5.75 Å². The van der Waals surface area contributed by atoms with E-state index in [1.807, 2.05) is 4.83 Å². The number of hydrazone groups is 1. The third kappa shape index (κ3) is 4.44. The number of phenolic OH excluding ortho intramolecular Hbond substituents is 1. The Hall–Kier alpha value is -3.34. The third-order valence-corrected chi connectivity index (χ3v) is 4.73. The third-order valence-electron chi connectivity index (χ3n) is 3.49. The Kier molecular flexibility index (Phi) is 5.85. The monoisotopic (exact) mass is 395 g/mol. The van der Waals surface area contributed by atoms with Gasteiger partial charge in [-0.1, -0.05) is 6.07 Å². The zero-order valence-electron chi connectivity index (χ0n) is 14.7. The maximum atomic E-state index is 12.4. The van der Waals surface area contributed by atoms with Gasteiger partial charge in [-0.3, -0.25) is 10.1 Å². The number of hydrogen-bond donors (Lipinski definition) is 2. The van der Waals surface area contributed by atoms with Crippen LogP contribution in [0.15, 0.2) is 40.3 Å². The number of phenols is 1. The fourth-order valence-electron chi connectivity index (χ4n) is 2.20. The molecule has 0 fully saturated rings. The molecule has 27 heavy (non-hydrogen) atoms. The van der Waals surface area contributed by atoms with E-state index in [1.54, 1.807) is 13.0 Å². The van der Waals surface area contributed by atoms with Gasteiger partial charge in [-0.15, -0.1) is 0 Å². The van der Waals surface area contributed by atoms with E-state index in [2.05, 4.69) is 5.10 Å². The molecule has 2 rings (SSSR count). The van der Waals surface area contributed by atoms with E-state index in [9.17, 15) is 23.6 Å². The number of methoxy groups -OCH3 is 2. The van der Waals surface area contributed by atoms with Gasteiger partial charge in [0, 0.05) is 11.6 Å². The van der Waals surface area contributed by atoms with Crippen molar-refractivity contribution in [2.24, 2.45) is 5.10 Å². The van der Waals surface area contributed by atoms with Crippen LogP contribution in [0.3, 0.4) is 0 Å². The molecule has 2 aromatic carbocycles. The summed E-state index contributed by atoms with van der Waals surface area (Å²) in [4.78, 5) is 12.1. The SMILES string of the molecule is COc1ccc(C)cc1S(=O)(=O)N/N=C/c1cc(OC)c(O)c([N+](=O)[O-])c1. The summed E-state index contributed by atoms with van der Waals surface area (Å²) in [7, 11) is -1.46. The molecule has 0 atom stereocenters. The number of aromatic hydroxyl groups is 1. The molecule has 10 nitrogen and oxygen atoms in total. The highest BCUT2D eigenvalue weighted by Crippen LogP contribution is 2.36. The van der Waals surface area contributed by atoms with Gasteiger partial charge in [0.15, 0.2) is 5.75 Å². The van der Waals surface area contributed by atoms with Crippen molar-refractivity contribution >= 4 is 21.9 Å². The molecule has 0 spiro atoms. The molecule has 0 aliphatic heterocycles. The Morgan fingerprint density at radius 1 is 1.19 bits per heavy atom. The standard InChI is InChI=1S/C16H17N3O7S/c1-10-4-5-13(25-2)15(6-10)27(23,24)18-17-9-11-7-12(19(21)22)16(20)14(8-11)26-3/h4-9,18,20H,1-3H3/b17-9+. The van der Waals surface area contributed by atoms with Crippen LogP contribution >= 0.6 is 0 Å². The summed E-state index contributed by atoms with van der Waals surface area (Å²) in [6.07, 6.45) is 1.05. The molecule has 0 aliphatic carbocycles. The molecule has 0 saturated heterocycles. The molecule has 0 unspecified atom stereocenters. The summed E-state index contributed by atoms with van der Waals surface area (Å²) in [5.41, 5.74) is 0.258. The first-order valence-electron chi connectivity index (χ1n) is 7.44. The number of benzene rings is 2. The predicted molar refractivity (Wildman–Crippen MR) is 97.0 cm³/mol. The van der Waals surface area contributed by atoms with Crippen molar-refractivity contribution in [3.63, 3.8) is 0 Å². The number of hydrogen-bond acceptors (Lipinski definition) is 8. The Bertz CT molecular complexity index is 1000. The number of nitrogens with zero attached hydrogens (tertiary/aromatic N) is 2. The lowest BCUT2D eigenvalue weighted by molar-refractivity contribution is -0.386. The van der Waals surface area contributed by atoms with Gasteiger partial charge in [0.05, 0.1) is 25.4 Å². The maximum absolute atomic E-state index is 12.4. The van der Waals surface area contributed by atoms with Gasteiger partial charge in [0.25, 0.3) is 10.0 Å². The Morgan fingerprint density at radius 2 is 1.85 bits per heavy atom. The largest absolute Gasteiger partial charge is 0.500 e. The van der Waals surface area contributed by atoms with E-state index in [0.29, 0.717) is 5.56 Å². The van der Waals surface area contributed by atoms with Gasteiger partial charge in [0.1, 0.15) is 10.6 Å². The second kappa shape index (κ2) is 7.91. The molecule has 0 amide bonds. The van der Waals surface area contributed by atoms with Crippen LogP contribution in [0.4, 0.5) is 5.69 Å². The first-order valence-corrected chi connectivity index (χ1v) is 8.93. The maximum Gasteiger partial charge on any atom is 0.315 e. The van der Waals surface area contributed by atoms with Crippen LogP contribution in [0.25, 0.3) is 0 Å². The lowest BCUT2D eigenvalue weighted by Crippen LogP contribution is -2.19. The molecular formula is C16H17N3O7S. The molecule has 0 radical (unpaired) electrons. The fraction of sp³-hybridized carbons (Fsp3) is 0.188. The van der Waals surface area contributed by atoms with Crippen molar-refractivity contribution in [3.8, 4) is 17.2 Å². The molecular weight excluding hydrogens is 378 g/mol. The van der Waals surface area contributed by atoms with Crippen molar-refractivity contribution < 1.29 is 27.9 Å². The first-order chi connectivity index (χ1) is 12.7. The lowest BCUT2D eigenvalue weighted by Gasteiger charge is -2.09. The quantitative estimate of drug-likeness (QED) is 0.415. The van der Waals surface area contributed by atoms with E-state index in [4.69, 9.17) is 9.47 Å². The number of aryl methyl sites for hydroxylation is 1. The molecule has 144 valence electrons. The summed E-state index contributed by atoms with van der Waals surface area (Å²) in [5.74, 6) is -0.635. The zero-order valence-corrected chi connectivity index (χ0v) is 15.5. The Balaban J connectivity index is 2.33. The van der Waals surface area contributed by atoms with Crippen LogP contribution in [-0.4, -0.2) is 38.9 Å². The molecule has 2 N–H and O–H groups in total. The van der Waals surface area contributed by atoms with Crippen molar-refractivity contribution in [2.45, 2.75) is 11.8 Å². The minimum absolute atomic E-state index is 0.101. The first kappa shape index (κ1) is 20.0. The van der Waals surface area contributed by atoms with Crippen LogP contribution in [0.2, 0.25) is 0 Å². The summed E-state index contributed by atoms with van der Waals surface area (Å²) < 4.78 is 34.8. The molecule has 0 bridgehead atoms. The number of nitro benzene ring substituents is 1. The van der Waals surface area contributed by atoms with E-state index in [1.165, 1.54) is 32.4 Å². The van der Waals surface area contributed by atoms with E-state index in [-0.39, 0.29) is 22.0 Å². The Labute approximate surface area is 155 Å². The number of nitrogens with one attached hydrogen (secondary N) is 1. The predicted octanol–water partition coefficient (Wildman–Crippen LogP) is 1.94. The van der Waals surface area contributed by atoms with Gasteiger partial charge >= 0.3 is 5.69 Å². The molecule has 2 aromatic rings. The van der Waals surface area contributed by atoms with Crippen LogP contribution in [0.1, 0.15) is 11.1 Å². The van der Waals surface area contributed by atoms with Gasteiger partial charge in [-0.25, -0.2) is 0 Å². The summed E-state index contributed by atoms with van der Waals surface area (Å²) in [6.45, 7) is 1.73. The second-order valence-electron chi connectivity index (χ2n) is 5.36. The van der Waals surface area contributed by atoms with E-state index < -0.39 is 26.4 Å². The van der Waals surface area contributed by atoms with E-state index >= 15 is 0 Å². The molecule has 0 aliphatic rings. The minimum Gasteiger partial charge on any atom is -0.500 e. The summed E-state index contributed by atoms with van der Waals surface area (Å²) in [5, 5.41) is 24.3. The Morgan fingerprint density at radius 3 is 2.44 bits per heavy atom. The number of nitro groups is 1. The number of sulfonamides is 1. The zero-order chi connectivity index (χ0) is 20.2. The highest BCUT2D eigenvalue weighted by molar-refractivity contribution is 7.89. The molecule has 11 heteroatoms. The van der Waals surface area contributed by atoms with Crippen LogP contribution in [0.5, 0.6) is 17.2 Å². The van der Waals surface area contributed by atoms with Crippen LogP contribution < -0.4 is 14.3 Å². The number of ether oxygens (including phenoxy) is 2. The molecule has 0 saturated carbocycles. The second-order valence-corrected chi connectivity index (χ2v) is 6.98. The van der Waals surface area contributed by atoms with Crippen molar-refractivity contribution in [1.29, 1.82) is 0 Å². The normalized spacial score (nSPS) is 11.4. The summed E-state index contributed by atoms with van der Waals surface area (Å²) >= 11 is 0. The molecule has 0 heterocycles. The van der Waals surface area contributed by atoms with Gasteiger partial charge in [-0.05, 0) is 30.7 Å². The fourth-order valence-corrected chi connectivity index (χ4v) is 3.24. The highest BCUT2D eigenvalue weighted by Gasteiger charge is 2.21. The average molecular weight is 395 g/mol. The van der Waals surface area contributed by atoms with E-state index in [0.717, 1.165) is 12.3 Å². The van der Waals surface area contributed by atoms with Crippen molar-refractivity contribution in [3.05, 3.63) is 51.6 Å². The van der Waals surface area contributed by atoms with Crippen molar-refractivity contribution in [1.82, 2.24) is 4.83 Å². The van der Waals surface area contributed by atoms with Gasteiger partial charge < -0.3 is 14.6 Å².